The number of amides is 1. The van der Waals surface area contributed by atoms with Crippen LogP contribution in [0.15, 0.2) is 24.3 Å². The predicted molar refractivity (Wildman–Crippen MR) is 146 cm³/mol. The highest BCUT2D eigenvalue weighted by molar-refractivity contribution is 7.18. The fourth-order valence-electron chi connectivity index (χ4n) is 4.56. The molecule has 1 aromatic carbocycles. The summed E-state index contributed by atoms with van der Waals surface area (Å²) in [5, 5.41) is 3.39. The largest absolute Gasteiger partial charge is 0.462 e. The second-order valence-electron chi connectivity index (χ2n) is 8.87. The third-order valence-corrected chi connectivity index (χ3v) is 7.64. The number of ether oxygens (including phenoxy) is 3. The topological polar surface area (TPSA) is 124 Å². The molecule has 0 fully saturated rings. The standard InChI is InChI=1S/C28H31N3O7S/c1-5-31-13-12-20-18(14-31)23(17-10-8-9-11-19(17)29-20)27(34)38-15-21(32)30-25-22(26(33)36-6-2)16(4)24(39-25)28(35)37-7-3/h8-11H,5-7,12-15H2,1-4H3,(H,30,32). The molecule has 39 heavy (non-hydrogen) atoms. The monoisotopic (exact) mass is 553 g/mol. The molecule has 0 aliphatic carbocycles. The van der Waals surface area contributed by atoms with Gasteiger partial charge in [0.05, 0.1) is 29.9 Å². The highest BCUT2D eigenvalue weighted by Crippen LogP contribution is 2.34. The summed E-state index contributed by atoms with van der Waals surface area (Å²) in [7, 11) is 0. The number of carbonyl (C=O) groups excluding carboxylic acids is 4. The van der Waals surface area contributed by atoms with Gasteiger partial charge in [-0.15, -0.1) is 11.3 Å². The molecule has 0 atom stereocenters. The van der Waals surface area contributed by atoms with Crippen molar-refractivity contribution in [2.24, 2.45) is 0 Å². The van der Waals surface area contributed by atoms with Crippen molar-refractivity contribution in [1.29, 1.82) is 0 Å². The van der Waals surface area contributed by atoms with E-state index in [1.807, 2.05) is 24.3 Å². The summed E-state index contributed by atoms with van der Waals surface area (Å²) in [6.45, 7) is 8.91. The average molecular weight is 554 g/mol. The molecule has 0 bridgehead atoms. The van der Waals surface area contributed by atoms with E-state index in [1.165, 1.54) is 0 Å². The van der Waals surface area contributed by atoms with Gasteiger partial charge in [-0.25, -0.2) is 14.4 Å². The highest BCUT2D eigenvalue weighted by Gasteiger charge is 2.29. The van der Waals surface area contributed by atoms with Gasteiger partial charge in [0.15, 0.2) is 6.61 Å². The van der Waals surface area contributed by atoms with Crippen LogP contribution in [0.25, 0.3) is 10.9 Å². The minimum absolute atomic E-state index is 0.0680. The molecule has 1 amide bonds. The number of hydrogen-bond acceptors (Lipinski definition) is 10. The molecule has 2 aromatic heterocycles. The van der Waals surface area contributed by atoms with Gasteiger partial charge in [-0.05, 0) is 38.9 Å². The maximum Gasteiger partial charge on any atom is 0.348 e. The summed E-state index contributed by atoms with van der Waals surface area (Å²) in [6, 6.07) is 7.36. The van der Waals surface area contributed by atoms with Crippen LogP contribution in [-0.4, -0.2) is 66.6 Å². The Labute approximate surface area is 230 Å². The van der Waals surface area contributed by atoms with Gasteiger partial charge < -0.3 is 19.5 Å². The SMILES string of the molecule is CCOC(=O)c1sc(NC(=O)COC(=O)c2c3c(nc4ccccc24)CCN(CC)C3)c(C(=O)OCC)c1C. The number of hydrogen-bond donors (Lipinski definition) is 1. The van der Waals surface area contributed by atoms with Crippen LogP contribution in [0.1, 0.15) is 68.0 Å². The first-order valence-corrected chi connectivity index (χ1v) is 13.7. The third kappa shape index (κ3) is 5.94. The van der Waals surface area contributed by atoms with Gasteiger partial charge in [0.25, 0.3) is 5.91 Å². The Morgan fingerprint density at radius 2 is 1.67 bits per heavy atom. The van der Waals surface area contributed by atoms with Crippen LogP contribution in [0, 0.1) is 6.92 Å². The molecule has 0 spiro atoms. The summed E-state index contributed by atoms with van der Waals surface area (Å²) < 4.78 is 15.7. The van der Waals surface area contributed by atoms with E-state index in [2.05, 4.69) is 17.1 Å². The number of nitrogens with zero attached hydrogens (tertiary/aromatic N) is 2. The summed E-state index contributed by atoms with van der Waals surface area (Å²) >= 11 is 0.909. The number of anilines is 1. The number of fused-ring (bicyclic) bond motifs is 2. The zero-order valence-corrected chi connectivity index (χ0v) is 23.2. The van der Waals surface area contributed by atoms with Crippen molar-refractivity contribution < 1.29 is 33.4 Å². The van der Waals surface area contributed by atoms with Crippen LogP contribution in [0.4, 0.5) is 5.00 Å². The van der Waals surface area contributed by atoms with Crippen molar-refractivity contribution in [2.45, 2.75) is 40.7 Å². The van der Waals surface area contributed by atoms with E-state index < -0.39 is 30.4 Å². The molecule has 1 aliphatic heterocycles. The molecule has 0 saturated heterocycles. The molecule has 0 unspecified atom stereocenters. The van der Waals surface area contributed by atoms with Crippen molar-refractivity contribution in [3.8, 4) is 0 Å². The lowest BCUT2D eigenvalue weighted by molar-refractivity contribution is -0.119. The molecule has 10 nitrogen and oxygen atoms in total. The molecule has 0 radical (unpaired) electrons. The van der Waals surface area contributed by atoms with Crippen molar-refractivity contribution in [3.05, 3.63) is 57.1 Å². The Bertz CT molecular complexity index is 1430. The number of pyridine rings is 1. The van der Waals surface area contributed by atoms with Crippen molar-refractivity contribution in [2.75, 3.05) is 38.2 Å². The van der Waals surface area contributed by atoms with E-state index in [9.17, 15) is 19.2 Å². The van der Waals surface area contributed by atoms with E-state index in [0.29, 0.717) is 35.0 Å². The molecule has 3 aromatic rings. The van der Waals surface area contributed by atoms with E-state index in [-0.39, 0.29) is 28.7 Å². The Balaban J connectivity index is 1.57. The third-order valence-electron chi connectivity index (χ3n) is 6.45. The molecule has 3 heterocycles. The first-order valence-electron chi connectivity index (χ1n) is 12.9. The van der Waals surface area contributed by atoms with E-state index in [4.69, 9.17) is 19.2 Å². The van der Waals surface area contributed by atoms with Crippen molar-refractivity contribution in [1.82, 2.24) is 9.88 Å². The van der Waals surface area contributed by atoms with Crippen LogP contribution in [0.5, 0.6) is 0 Å². The Morgan fingerprint density at radius 1 is 0.974 bits per heavy atom. The van der Waals surface area contributed by atoms with Crippen LogP contribution in [0.2, 0.25) is 0 Å². The number of benzene rings is 1. The molecule has 4 rings (SSSR count). The Morgan fingerprint density at radius 3 is 2.38 bits per heavy atom. The minimum atomic E-state index is -0.676. The molecule has 1 N–H and O–H groups in total. The van der Waals surface area contributed by atoms with Crippen LogP contribution >= 0.6 is 11.3 Å². The molecule has 11 heteroatoms. The smallest absolute Gasteiger partial charge is 0.348 e. The Hall–Kier alpha value is -3.83. The van der Waals surface area contributed by atoms with Gasteiger partial charge in [-0.2, -0.15) is 0 Å². The fourth-order valence-corrected chi connectivity index (χ4v) is 5.66. The summed E-state index contributed by atoms with van der Waals surface area (Å²) in [4.78, 5) is 58.4. The first-order chi connectivity index (χ1) is 18.8. The molecular weight excluding hydrogens is 522 g/mol. The van der Waals surface area contributed by atoms with Crippen LogP contribution in [0.3, 0.4) is 0 Å². The maximum atomic E-state index is 13.4. The van der Waals surface area contributed by atoms with Gasteiger partial charge in [0.1, 0.15) is 9.88 Å². The van der Waals surface area contributed by atoms with Crippen molar-refractivity contribution >= 4 is 51.1 Å². The Kier molecular flexibility index (Phi) is 8.93. The summed E-state index contributed by atoms with van der Waals surface area (Å²) in [5.41, 5.74) is 3.18. The molecular formula is C28H31N3O7S. The zero-order chi connectivity index (χ0) is 28.1. The number of nitrogens with one attached hydrogen (secondary N) is 1. The predicted octanol–water partition coefficient (Wildman–Crippen LogP) is 4.13. The van der Waals surface area contributed by atoms with Gasteiger partial charge in [0.2, 0.25) is 0 Å². The number of likely N-dealkylation sites (N-methyl/N-ethyl adjacent to an activating group) is 1. The number of thiophene rings is 1. The second-order valence-corrected chi connectivity index (χ2v) is 9.89. The molecule has 0 saturated carbocycles. The van der Waals surface area contributed by atoms with Crippen LogP contribution < -0.4 is 5.32 Å². The van der Waals surface area contributed by atoms with Crippen LogP contribution in [-0.2, 0) is 32.0 Å². The highest BCUT2D eigenvalue weighted by atomic mass is 32.1. The second kappa shape index (κ2) is 12.4. The minimum Gasteiger partial charge on any atom is -0.462 e. The lowest BCUT2D eigenvalue weighted by atomic mass is 9.96. The summed E-state index contributed by atoms with van der Waals surface area (Å²) in [6.07, 6.45) is 0.714. The number of aromatic nitrogens is 1. The summed E-state index contributed by atoms with van der Waals surface area (Å²) in [5.74, 6) is -2.57. The first kappa shape index (κ1) is 28.2. The average Bonchev–Trinajstić information content (AvgIpc) is 3.25. The van der Waals surface area contributed by atoms with Gasteiger partial charge >= 0.3 is 17.9 Å². The lowest BCUT2D eigenvalue weighted by Crippen LogP contribution is -2.32. The number of para-hydroxylation sites is 1. The number of carbonyl (C=O) groups is 4. The quantitative estimate of drug-likeness (QED) is 0.308. The number of rotatable bonds is 9. The van der Waals surface area contributed by atoms with E-state index in [0.717, 1.165) is 35.7 Å². The van der Waals surface area contributed by atoms with E-state index >= 15 is 0 Å². The van der Waals surface area contributed by atoms with E-state index in [1.54, 1.807) is 20.8 Å². The molecule has 1 aliphatic rings. The lowest BCUT2D eigenvalue weighted by Gasteiger charge is -2.28. The molecule has 206 valence electrons. The fraction of sp³-hybridized carbons (Fsp3) is 0.393. The number of esters is 3. The normalized spacial score (nSPS) is 13.0. The van der Waals surface area contributed by atoms with Gasteiger partial charge in [-0.1, -0.05) is 25.1 Å². The van der Waals surface area contributed by atoms with Gasteiger partial charge in [-0.3, -0.25) is 14.7 Å². The van der Waals surface area contributed by atoms with Crippen molar-refractivity contribution in [3.63, 3.8) is 0 Å². The van der Waals surface area contributed by atoms with Gasteiger partial charge in [0, 0.05) is 36.2 Å². The zero-order valence-electron chi connectivity index (χ0n) is 22.4. The maximum absolute atomic E-state index is 13.4.